The van der Waals surface area contributed by atoms with Crippen molar-refractivity contribution in [3.05, 3.63) is 35.5 Å². The van der Waals surface area contributed by atoms with Gasteiger partial charge in [0.05, 0.1) is 17.3 Å². The molecule has 0 unspecified atom stereocenters. The summed E-state index contributed by atoms with van der Waals surface area (Å²) >= 11 is 5.93. The number of hydrogen-bond acceptors (Lipinski definition) is 4. The fourth-order valence-corrected chi connectivity index (χ4v) is 1.24. The highest BCUT2D eigenvalue weighted by Gasteiger charge is 2.03. The predicted molar refractivity (Wildman–Crippen MR) is 52.8 cm³/mol. The van der Waals surface area contributed by atoms with Gasteiger partial charge in [0.2, 0.25) is 0 Å². The third-order valence-corrected chi connectivity index (χ3v) is 2.06. The summed E-state index contributed by atoms with van der Waals surface area (Å²) in [5, 5.41) is 4.53. The van der Waals surface area contributed by atoms with Crippen LogP contribution in [0.3, 0.4) is 0 Å². The quantitative estimate of drug-likeness (QED) is 0.800. The maximum absolute atomic E-state index is 5.93. The Balaban J connectivity index is 2.28. The first kappa shape index (κ1) is 8.96. The SMILES string of the molecule is Nc1ccc(Cl)c(Cn2cncn2)n1. The molecule has 2 aromatic rings. The van der Waals surface area contributed by atoms with Gasteiger partial charge in [-0.1, -0.05) is 11.6 Å². The number of anilines is 1. The minimum atomic E-state index is 0.449. The highest BCUT2D eigenvalue weighted by Crippen LogP contribution is 2.15. The zero-order chi connectivity index (χ0) is 9.97. The lowest BCUT2D eigenvalue weighted by atomic mass is 10.3. The third-order valence-electron chi connectivity index (χ3n) is 1.72. The third kappa shape index (κ3) is 1.82. The Bertz CT molecular complexity index is 425. The molecule has 0 saturated carbocycles. The van der Waals surface area contributed by atoms with E-state index in [1.54, 1.807) is 23.1 Å². The van der Waals surface area contributed by atoms with Crippen molar-refractivity contribution in [3.63, 3.8) is 0 Å². The van der Waals surface area contributed by atoms with Gasteiger partial charge in [-0.05, 0) is 12.1 Å². The van der Waals surface area contributed by atoms with E-state index in [0.717, 1.165) is 0 Å². The van der Waals surface area contributed by atoms with E-state index in [0.29, 0.717) is 23.1 Å². The van der Waals surface area contributed by atoms with Crippen molar-refractivity contribution in [3.8, 4) is 0 Å². The van der Waals surface area contributed by atoms with Crippen LogP contribution in [-0.4, -0.2) is 19.7 Å². The number of hydrogen-bond donors (Lipinski definition) is 1. The van der Waals surface area contributed by atoms with E-state index in [2.05, 4.69) is 15.1 Å². The molecule has 6 heteroatoms. The molecule has 14 heavy (non-hydrogen) atoms. The minimum Gasteiger partial charge on any atom is -0.384 e. The summed E-state index contributed by atoms with van der Waals surface area (Å²) in [6.45, 7) is 0.476. The topological polar surface area (TPSA) is 69.6 Å². The second-order valence-electron chi connectivity index (χ2n) is 2.76. The van der Waals surface area contributed by atoms with Crippen LogP contribution in [0.2, 0.25) is 5.02 Å². The van der Waals surface area contributed by atoms with E-state index in [-0.39, 0.29) is 0 Å². The molecule has 2 aromatic heterocycles. The van der Waals surface area contributed by atoms with Crippen molar-refractivity contribution >= 4 is 17.4 Å². The fourth-order valence-electron chi connectivity index (χ4n) is 1.08. The molecule has 2 rings (SSSR count). The number of nitrogens with two attached hydrogens (primary N) is 1. The van der Waals surface area contributed by atoms with Gasteiger partial charge in [0.25, 0.3) is 0 Å². The van der Waals surface area contributed by atoms with E-state index in [1.165, 1.54) is 6.33 Å². The number of pyridine rings is 1. The molecule has 0 aliphatic heterocycles. The molecule has 0 aliphatic carbocycles. The molecule has 0 aromatic carbocycles. The van der Waals surface area contributed by atoms with Gasteiger partial charge in [-0.3, -0.25) is 0 Å². The summed E-state index contributed by atoms with van der Waals surface area (Å²) in [6, 6.07) is 3.38. The Morgan fingerprint density at radius 3 is 3.00 bits per heavy atom. The molecule has 5 nitrogen and oxygen atoms in total. The molecule has 0 amide bonds. The van der Waals surface area contributed by atoms with Gasteiger partial charge in [0.1, 0.15) is 18.5 Å². The van der Waals surface area contributed by atoms with E-state index < -0.39 is 0 Å². The van der Waals surface area contributed by atoms with Gasteiger partial charge in [-0.2, -0.15) is 5.10 Å². The van der Waals surface area contributed by atoms with Gasteiger partial charge in [0.15, 0.2) is 0 Å². The van der Waals surface area contributed by atoms with Crippen LogP contribution in [0, 0.1) is 0 Å². The standard InChI is InChI=1S/C8H8ClN5/c9-6-1-2-8(10)13-7(6)3-14-5-11-4-12-14/h1-2,4-5H,3H2,(H2,10,13). The van der Waals surface area contributed by atoms with Crippen molar-refractivity contribution in [2.24, 2.45) is 0 Å². The molecule has 0 radical (unpaired) electrons. The van der Waals surface area contributed by atoms with E-state index in [4.69, 9.17) is 17.3 Å². The average molecular weight is 210 g/mol. The molecular weight excluding hydrogens is 202 g/mol. The lowest BCUT2D eigenvalue weighted by molar-refractivity contribution is 0.672. The average Bonchev–Trinajstić information content (AvgIpc) is 2.64. The van der Waals surface area contributed by atoms with Gasteiger partial charge in [-0.25, -0.2) is 14.6 Å². The summed E-state index contributed by atoms with van der Waals surface area (Å²) in [6.07, 6.45) is 3.06. The predicted octanol–water partition coefficient (Wildman–Crippen LogP) is 0.957. The Labute approximate surface area is 85.5 Å². The second-order valence-corrected chi connectivity index (χ2v) is 3.16. The summed E-state index contributed by atoms with van der Waals surface area (Å²) in [5.41, 5.74) is 6.23. The molecule has 0 spiro atoms. The normalized spacial score (nSPS) is 10.4. The molecule has 0 atom stereocenters. The minimum absolute atomic E-state index is 0.449. The molecule has 0 fully saturated rings. The van der Waals surface area contributed by atoms with Crippen LogP contribution in [0.15, 0.2) is 24.8 Å². The maximum atomic E-state index is 5.93. The van der Waals surface area contributed by atoms with Crippen LogP contribution >= 0.6 is 11.6 Å². The second kappa shape index (κ2) is 3.63. The fraction of sp³-hybridized carbons (Fsp3) is 0.125. The van der Waals surface area contributed by atoms with Gasteiger partial charge < -0.3 is 5.73 Å². The van der Waals surface area contributed by atoms with Crippen LogP contribution in [0.4, 0.5) is 5.82 Å². The van der Waals surface area contributed by atoms with Crippen molar-refractivity contribution in [2.75, 3.05) is 5.73 Å². The Morgan fingerprint density at radius 1 is 1.43 bits per heavy atom. The van der Waals surface area contributed by atoms with Crippen LogP contribution < -0.4 is 5.73 Å². The molecule has 72 valence electrons. The van der Waals surface area contributed by atoms with Crippen molar-refractivity contribution in [2.45, 2.75) is 6.54 Å². The van der Waals surface area contributed by atoms with Crippen LogP contribution in [0.25, 0.3) is 0 Å². The van der Waals surface area contributed by atoms with E-state index in [1.807, 2.05) is 0 Å². The van der Waals surface area contributed by atoms with Gasteiger partial charge in [0, 0.05) is 0 Å². The summed E-state index contributed by atoms with van der Waals surface area (Å²) < 4.78 is 1.63. The monoisotopic (exact) mass is 209 g/mol. The lowest BCUT2D eigenvalue weighted by Crippen LogP contribution is -2.04. The van der Waals surface area contributed by atoms with Crippen LogP contribution in [-0.2, 0) is 6.54 Å². The first-order valence-electron chi connectivity index (χ1n) is 3.99. The zero-order valence-electron chi connectivity index (χ0n) is 7.26. The molecule has 0 bridgehead atoms. The zero-order valence-corrected chi connectivity index (χ0v) is 8.02. The molecule has 0 aliphatic rings. The Hall–Kier alpha value is -1.62. The maximum Gasteiger partial charge on any atom is 0.137 e. The van der Waals surface area contributed by atoms with Gasteiger partial charge >= 0.3 is 0 Å². The number of nitrogen functional groups attached to an aromatic ring is 1. The van der Waals surface area contributed by atoms with Gasteiger partial charge in [-0.15, -0.1) is 0 Å². The number of rotatable bonds is 2. The van der Waals surface area contributed by atoms with E-state index >= 15 is 0 Å². The highest BCUT2D eigenvalue weighted by atomic mass is 35.5. The summed E-state index contributed by atoms with van der Waals surface area (Å²) in [5.74, 6) is 0.449. The molecule has 0 saturated heterocycles. The summed E-state index contributed by atoms with van der Waals surface area (Å²) in [7, 11) is 0. The van der Waals surface area contributed by atoms with Crippen LogP contribution in [0.1, 0.15) is 5.69 Å². The van der Waals surface area contributed by atoms with E-state index in [9.17, 15) is 0 Å². The molecule has 2 heterocycles. The van der Waals surface area contributed by atoms with Crippen molar-refractivity contribution in [1.82, 2.24) is 19.7 Å². The largest absolute Gasteiger partial charge is 0.384 e. The smallest absolute Gasteiger partial charge is 0.137 e. The summed E-state index contributed by atoms with van der Waals surface area (Å²) in [4.78, 5) is 7.92. The number of aromatic nitrogens is 4. The Morgan fingerprint density at radius 2 is 2.29 bits per heavy atom. The molecular formula is C8H8ClN5. The number of halogens is 1. The lowest BCUT2D eigenvalue weighted by Gasteiger charge is -2.03. The Kier molecular flexibility index (Phi) is 2.32. The highest BCUT2D eigenvalue weighted by molar-refractivity contribution is 6.31. The van der Waals surface area contributed by atoms with Crippen molar-refractivity contribution in [1.29, 1.82) is 0 Å². The first-order valence-corrected chi connectivity index (χ1v) is 4.37. The molecule has 2 N–H and O–H groups in total. The van der Waals surface area contributed by atoms with Crippen LogP contribution in [0.5, 0.6) is 0 Å². The van der Waals surface area contributed by atoms with Crippen molar-refractivity contribution < 1.29 is 0 Å². The number of nitrogens with zero attached hydrogens (tertiary/aromatic N) is 4. The first-order chi connectivity index (χ1) is 6.75.